The first-order valence-electron chi connectivity index (χ1n) is 7.48. The molecule has 0 aliphatic carbocycles. The maximum absolute atomic E-state index is 12.0. The van der Waals surface area contributed by atoms with Crippen molar-refractivity contribution in [2.75, 3.05) is 6.54 Å². The number of pyridine rings is 1. The van der Waals surface area contributed by atoms with Gasteiger partial charge in [0.1, 0.15) is 0 Å². The van der Waals surface area contributed by atoms with Gasteiger partial charge in [-0.05, 0) is 30.2 Å². The minimum Gasteiger partial charge on any atom is -0.387 e. The van der Waals surface area contributed by atoms with E-state index >= 15 is 0 Å². The van der Waals surface area contributed by atoms with Gasteiger partial charge in [-0.15, -0.1) is 0 Å². The predicted octanol–water partition coefficient (Wildman–Crippen LogP) is 3.22. The maximum Gasteiger partial charge on any atom is 0.315 e. The van der Waals surface area contributed by atoms with Crippen molar-refractivity contribution in [3.05, 3.63) is 64.9 Å². The van der Waals surface area contributed by atoms with Crippen molar-refractivity contribution in [3.8, 4) is 0 Å². The Morgan fingerprint density at radius 2 is 1.96 bits per heavy atom. The second kappa shape index (κ2) is 8.50. The van der Waals surface area contributed by atoms with Gasteiger partial charge in [-0.3, -0.25) is 4.98 Å². The van der Waals surface area contributed by atoms with Gasteiger partial charge in [0, 0.05) is 29.5 Å². The van der Waals surface area contributed by atoms with E-state index in [-0.39, 0.29) is 18.6 Å². The van der Waals surface area contributed by atoms with Crippen molar-refractivity contribution in [2.24, 2.45) is 0 Å². The lowest BCUT2D eigenvalue weighted by Gasteiger charge is -2.19. The number of amides is 2. The number of carbonyl (C=O) groups excluding carboxylic acids is 1. The van der Waals surface area contributed by atoms with Crippen molar-refractivity contribution in [2.45, 2.75) is 25.5 Å². The topological polar surface area (TPSA) is 74.2 Å². The highest BCUT2D eigenvalue weighted by molar-refractivity contribution is 6.31. The third kappa shape index (κ3) is 4.94. The molecule has 0 saturated heterocycles. The number of aromatic nitrogens is 1. The van der Waals surface area contributed by atoms with Crippen LogP contribution in [0.4, 0.5) is 4.79 Å². The molecule has 0 spiro atoms. The number of hydrogen-bond donors (Lipinski definition) is 3. The summed E-state index contributed by atoms with van der Waals surface area (Å²) in [6, 6.07) is 10.3. The molecule has 1 heterocycles. The van der Waals surface area contributed by atoms with E-state index in [9.17, 15) is 9.90 Å². The molecule has 2 rings (SSSR count). The number of nitrogens with zero attached hydrogens (tertiary/aromatic N) is 1. The van der Waals surface area contributed by atoms with Crippen molar-refractivity contribution in [1.82, 2.24) is 15.6 Å². The number of urea groups is 1. The van der Waals surface area contributed by atoms with Crippen LogP contribution in [0.5, 0.6) is 0 Å². The molecule has 122 valence electrons. The number of nitrogens with one attached hydrogen (secondary N) is 2. The zero-order chi connectivity index (χ0) is 16.7. The van der Waals surface area contributed by atoms with Gasteiger partial charge in [-0.25, -0.2) is 4.79 Å². The molecule has 2 atom stereocenters. The van der Waals surface area contributed by atoms with Crippen LogP contribution in [0.1, 0.15) is 36.6 Å². The van der Waals surface area contributed by atoms with Gasteiger partial charge in [0.25, 0.3) is 0 Å². The zero-order valence-electron chi connectivity index (χ0n) is 12.9. The lowest BCUT2D eigenvalue weighted by molar-refractivity contribution is 0.172. The highest BCUT2D eigenvalue weighted by Crippen LogP contribution is 2.22. The molecule has 0 aliphatic heterocycles. The first kappa shape index (κ1) is 17.2. The average molecular weight is 334 g/mol. The molecular formula is C17H20ClN3O2. The number of rotatable bonds is 6. The molecule has 0 saturated carbocycles. The molecule has 6 heteroatoms. The number of benzene rings is 1. The number of hydrogen-bond acceptors (Lipinski definition) is 3. The van der Waals surface area contributed by atoms with Crippen molar-refractivity contribution in [3.63, 3.8) is 0 Å². The monoisotopic (exact) mass is 333 g/mol. The molecule has 0 fully saturated rings. The number of carbonyl (C=O) groups is 1. The van der Waals surface area contributed by atoms with Crippen LogP contribution in [-0.2, 0) is 0 Å². The highest BCUT2D eigenvalue weighted by atomic mass is 35.5. The first-order chi connectivity index (χ1) is 11.1. The third-order valence-electron chi connectivity index (χ3n) is 3.54. The molecule has 3 N–H and O–H groups in total. The Labute approximate surface area is 140 Å². The van der Waals surface area contributed by atoms with Crippen molar-refractivity contribution >= 4 is 17.6 Å². The van der Waals surface area contributed by atoms with E-state index in [2.05, 4.69) is 15.6 Å². The summed E-state index contributed by atoms with van der Waals surface area (Å²) in [5.41, 5.74) is 1.58. The normalized spacial score (nSPS) is 13.2. The first-order valence-corrected chi connectivity index (χ1v) is 7.86. The van der Waals surface area contributed by atoms with Gasteiger partial charge >= 0.3 is 6.03 Å². The lowest BCUT2D eigenvalue weighted by Crippen LogP contribution is -2.39. The fourth-order valence-corrected chi connectivity index (χ4v) is 2.53. The third-order valence-corrected chi connectivity index (χ3v) is 3.89. The van der Waals surface area contributed by atoms with Crippen LogP contribution in [0.25, 0.3) is 0 Å². The summed E-state index contributed by atoms with van der Waals surface area (Å²) in [5.74, 6) is 0. The van der Waals surface area contributed by atoms with E-state index < -0.39 is 6.10 Å². The van der Waals surface area contributed by atoms with Gasteiger partial charge < -0.3 is 15.7 Å². The quantitative estimate of drug-likeness (QED) is 0.760. The fourth-order valence-electron chi connectivity index (χ4n) is 2.27. The Balaban J connectivity index is 1.88. The number of aliphatic hydroxyl groups excluding tert-OH is 1. The molecule has 2 amide bonds. The molecule has 2 unspecified atom stereocenters. The van der Waals surface area contributed by atoms with Crippen LogP contribution in [0, 0.1) is 0 Å². The summed E-state index contributed by atoms with van der Waals surface area (Å²) in [5, 5.41) is 16.2. The minimum atomic E-state index is -0.851. The molecule has 1 aromatic heterocycles. The van der Waals surface area contributed by atoms with Crippen LogP contribution in [0.15, 0.2) is 48.8 Å². The van der Waals surface area contributed by atoms with Crippen molar-refractivity contribution < 1.29 is 9.90 Å². The summed E-state index contributed by atoms with van der Waals surface area (Å²) < 4.78 is 0. The Kier molecular flexibility index (Phi) is 6.38. The Morgan fingerprint density at radius 1 is 1.26 bits per heavy atom. The van der Waals surface area contributed by atoms with E-state index in [0.29, 0.717) is 10.6 Å². The molecule has 0 aliphatic rings. The van der Waals surface area contributed by atoms with Gasteiger partial charge in [-0.2, -0.15) is 0 Å². The van der Waals surface area contributed by atoms with Gasteiger partial charge in [-0.1, -0.05) is 36.7 Å². The van der Waals surface area contributed by atoms with Crippen LogP contribution in [-0.4, -0.2) is 22.7 Å². The summed E-state index contributed by atoms with van der Waals surface area (Å²) in [7, 11) is 0. The second-order valence-corrected chi connectivity index (χ2v) is 5.54. The average Bonchev–Trinajstić information content (AvgIpc) is 2.58. The summed E-state index contributed by atoms with van der Waals surface area (Å²) in [4.78, 5) is 16.0. The molecular weight excluding hydrogens is 314 g/mol. The maximum atomic E-state index is 12.0. The molecule has 5 nitrogen and oxygen atoms in total. The minimum absolute atomic E-state index is 0.0857. The highest BCUT2D eigenvalue weighted by Gasteiger charge is 2.15. The molecule has 0 bridgehead atoms. The summed E-state index contributed by atoms with van der Waals surface area (Å²) >= 11 is 6.03. The molecule has 23 heavy (non-hydrogen) atoms. The van der Waals surface area contributed by atoms with Crippen LogP contribution in [0.2, 0.25) is 5.02 Å². The Morgan fingerprint density at radius 3 is 2.61 bits per heavy atom. The van der Waals surface area contributed by atoms with E-state index in [0.717, 1.165) is 12.0 Å². The van der Waals surface area contributed by atoms with Crippen LogP contribution in [0.3, 0.4) is 0 Å². The molecule has 0 radical (unpaired) electrons. The van der Waals surface area contributed by atoms with Gasteiger partial charge in [0.15, 0.2) is 0 Å². The largest absolute Gasteiger partial charge is 0.387 e. The van der Waals surface area contributed by atoms with Crippen LogP contribution < -0.4 is 10.6 Å². The fraction of sp³-hybridized carbons (Fsp3) is 0.294. The Hall–Kier alpha value is -2.11. The van der Waals surface area contributed by atoms with Gasteiger partial charge in [0.2, 0.25) is 0 Å². The zero-order valence-corrected chi connectivity index (χ0v) is 13.6. The molecule has 1 aromatic carbocycles. The standard InChI is InChI=1S/C17H20ClN3O2/c1-2-15(12-7-9-19-10-8-12)21-17(23)20-11-16(22)13-5-3-4-6-14(13)18/h3-10,15-16,22H,2,11H2,1H3,(H2,20,21,23). The number of halogens is 1. The van der Waals surface area contributed by atoms with E-state index in [1.165, 1.54) is 0 Å². The Bertz CT molecular complexity index is 637. The summed E-state index contributed by atoms with van der Waals surface area (Å²) in [6.07, 6.45) is 3.29. The number of aliphatic hydroxyl groups is 1. The SMILES string of the molecule is CCC(NC(=O)NCC(O)c1ccccc1Cl)c1ccncc1. The van der Waals surface area contributed by atoms with Crippen LogP contribution >= 0.6 is 11.6 Å². The van der Waals surface area contributed by atoms with E-state index in [1.807, 2.05) is 19.1 Å². The van der Waals surface area contributed by atoms with Crippen molar-refractivity contribution in [1.29, 1.82) is 0 Å². The molecule has 2 aromatic rings. The predicted molar refractivity (Wildman–Crippen MR) is 90.2 cm³/mol. The lowest BCUT2D eigenvalue weighted by atomic mass is 10.1. The smallest absolute Gasteiger partial charge is 0.315 e. The van der Waals surface area contributed by atoms with E-state index in [4.69, 9.17) is 11.6 Å². The summed E-state index contributed by atoms with van der Waals surface area (Å²) in [6.45, 7) is 2.08. The van der Waals surface area contributed by atoms with Gasteiger partial charge in [0.05, 0.1) is 12.1 Å². The second-order valence-electron chi connectivity index (χ2n) is 5.13. The van der Waals surface area contributed by atoms with E-state index in [1.54, 1.807) is 36.7 Å².